The maximum Gasteiger partial charge on any atom is 0.214 e. The Morgan fingerprint density at radius 1 is 1.53 bits per heavy atom. The van der Waals surface area contributed by atoms with Crippen molar-refractivity contribution in [1.82, 2.24) is 0 Å². The van der Waals surface area contributed by atoms with Crippen molar-refractivity contribution in [2.24, 2.45) is 4.99 Å². The molecule has 1 aromatic carbocycles. The van der Waals surface area contributed by atoms with E-state index in [1.807, 2.05) is 24.4 Å². The number of hydrogen-bond acceptors (Lipinski definition) is 3. The van der Waals surface area contributed by atoms with Crippen LogP contribution in [0.5, 0.6) is 0 Å². The third-order valence-corrected chi connectivity index (χ3v) is 2.81. The first-order chi connectivity index (χ1) is 8.35. The number of anilines is 2. The van der Waals surface area contributed by atoms with Crippen molar-refractivity contribution in [3.8, 4) is 0 Å². The van der Waals surface area contributed by atoms with Crippen molar-refractivity contribution in [1.29, 1.82) is 0 Å². The molecular weight excluding hydrogens is 214 g/mol. The highest BCUT2D eigenvalue weighted by molar-refractivity contribution is 5.85. The van der Waals surface area contributed by atoms with Gasteiger partial charge in [0.25, 0.3) is 0 Å². The molecule has 0 fully saturated rings. The molecule has 2 rings (SSSR count). The fraction of sp³-hybridized carbons (Fsp3) is 0.385. The van der Waals surface area contributed by atoms with Crippen LogP contribution in [0.4, 0.5) is 17.1 Å². The first-order valence-electron chi connectivity index (χ1n) is 5.97. The molecule has 0 radical (unpaired) electrons. The van der Waals surface area contributed by atoms with E-state index in [1.54, 1.807) is 4.90 Å². The lowest BCUT2D eigenvalue weighted by molar-refractivity contribution is -0.107. The minimum atomic E-state index is 0.743. The first kappa shape index (κ1) is 11.6. The van der Waals surface area contributed by atoms with Gasteiger partial charge < -0.3 is 10.2 Å². The summed E-state index contributed by atoms with van der Waals surface area (Å²) in [6.45, 7) is 3.63. The monoisotopic (exact) mass is 231 g/mol. The Morgan fingerprint density at radius 3 is 3.18 bits per heavy atom. The summed E-state index contributed by atoms with van der Waals surface area (Å²) in [6.07, 6.45) is 4.83. The maximum atomic E-state index is 11.1. The predicted molar refractivity (Wildman–Crippen MR) is 71.4 cm³/mol. The van der Waals surface area contributed by atoms with E-state index in [2.05, 4.69) is 17.2 Å². The fourth-order valence-electron chi connectivity index (χ4n) is 1.83. The Labute approximate surface area is 101 Å². The van der Waals surface area contributed by atoms with Crippen LogP contribution in [0.25, 0.3) is 0 Å². The van der Waals surface area contributed by atoms with Crippen LogP contribution in [0.3, 0.4) is 0 Å². The molecule has 0 saturated carbocycles. The quantitative estimate of drug-likeness (QED) is 0.791. The highest BCUT2D eigenvalue weighted by Crippen LogP contribution is 2.31. The molecule has 90 valence electrons. The highest BCUT2D eigenvalue weighted by Gasteiger charge is 2.09. The molecule has 0 atom stereocenters. The molecule has 1 aromatic rings. The lowest BCUT2D eigenvalue weighted by Gasteiger charge is -2.20. The minimum Gasteiger partial charge on any atom is -0.378 e. The third kappa shape index (κ3) is 2.64. The second kappa shape index (κ2) is 5.48. The molecule has 0 aromatic heterocycles. The van der Waals surface area contributed by atoms with Crippen LogP contribution in [0.1, 0.15) is 19.8 Å². The van der Waals surface area contributed by atoms with Crippen LogP contribution < -0.4 is 10.2 Å². The van der Waals surface area contributed by atoms with Gasteiger partial charge in [-0.3, -0.25) is 9.79 Å². The number of nitrogens with one attached hydrogen (secondary N) is 1. The standard InChI is InChI=1S/C13H17N3O/c1-2-3-8-16(10-17)11-4-5-12-13(9-11)15-7-6-14-12/h4-6,9-10,15H,2-3,7-8H2,1H3. The number of fused-ring (bicyclic) bond motifs is 1. The maximum absolute atomic E-state index is 11.1. The number of unbranched alkanes of at least 4 members (excludes halogenated alkanes) is 1. The SMILES string of the molecule is CCCCN(C=O)c1ccc2c(c1)NCC=N2. The van der Waals surface area contributed by atoms with Gasteiger partial charge in [0.2, 0.25) is 6.41 Å². The van der Waals surface area contributed by atoms with Gasteiger partial charge in [0, 0.05) is 18.4 Å². The number of hydrogen-bond donors (Lipinski definition) is 1. The molecule has 0 unspecified atom stereocenters. The van der Waals surface area contributed by atoms with Crippen LogP contribution in [0.15, 0.2) is 23.2 Å². The number of carbonyl (C=O) groups is 1. The summed E-state index contributed by atoms with van der Waals surface area (Å²) in [4.78, 5) is 17.1. The van der Waals surface area contributed by atoms with Gasteiger partial charge >= 0.3 is 0 Å². The van der Waals surface area contributed by atoms with Gasteiger partial charge in [-0.05, 0) is 24.6 Å². The topological polar surface area (TPSA) is 44.7 Å². The average Bonchev–Trinajstić information content (AvgIpc) is 2.39. The number of rotatable bonds is 5. The van der Waals surface area contributed by atoms with E-state index in [4.69, 9.17) is 0 Å². The van der Waals surface area contributed by atoms with Gasteiger partial charge in [0.15, 0.2) is 0 Å². The lowest BCUT2D eigenvalue weighted by Crippen LogP contribution is -2.22. The van der Waals surface area contributed by atoms with Crippen LogP contribution in [0, 0.1) is 0 Å². The number of aliphatic imine (C=N–C) groups is 1. The second-order valence-electron chi connectivity index (χ2n) is 4.05. The zero-order chi connectivity index (χ0) is 12.1. The molecule has 0 spiro atoms. The molecule has 1 N–H and O–H groups in total. The van der Waals surface area contributed by atoms with Crippen molar-refractivity contribution < 1.29 is 4.79 Å². The first-order valence-corrected chi connectivity index (χ1v) is 5.97. The van der Waals surface area contributed by atoms with Gasteiger partial charge in [-0.1, -0.05) is 13.3 Å². The number of nitrogens with zero attached hydrogens (tertiary/aromatic N) is 2. The zero-order valence-electron chi connectivity index (χ0n) is 10.0. The Morgan fingerprint density at radius 2 is 2.41 bits per heavy atom. The molecule has 0 aliphatic carbocycles. The molecule has 0 saturated heterocycles. The normalized spacial score (nSPS) is 12.8. The molecular formula is C13H17N3O. The van der Waals surface area contributed by atoms with E-state index in [0.717, 1.165) is 49.4 Å². The molecule has 4 nitrogen and oxygen atoms in total. The Bertz CT molecular complexity index is 429. The summed E-state index contributed by atoms with van der Waals surface area (Å²) in [5.41, 5.74) is 2.85. The molecule has 1 aliphatic heterocycles. The number of amides is 1. The van der Waals surface area contributed by atoms with E-state index in [1.165, 1.54) is 0 Å². The largest absolute Gasteiger partial charge is 0.378 e. The van der Waals surface area contributed by atoms with E-state index >= 15 is 0 Å². The van der Waals surface area contributed by atoms with E-state index < -0.39 is 0 Å². The minimum absolute atomic E-state index is 0.743. The van der Waals surface area contributed by atoms with Crippen LogP contribution in [-0.4, -0.2) is 25.7 Å². The van der Waals surface area contributed by atoms with Gasteiger partial charge in [0.05, 0.1) is 17.9 Å². The van der Waals surface area contributed by atoms with E-state index in [9.17, 15) is 4.79 Å². The van der Waals surface area contributed by atoms with Crippen LogP contribution in [0.2, 0.25) is 0 Å². The lowest BCUT2D eigenvalue weighted by atomic mass is 10.2. The highest BCUT2D eigenvalue weighted by atomic mass is 16.1. The summed E-state index contributed by atoms with van der Waals surface area (Å²) >= 11 is 0. The molecule has 17 heavy (non-hydrogen) atoms. The van der Waals surface area contributed by atoms with Crippen molar-refractivity contribution in [2.75, 3.05) is 23.3 Å². The smallest absolute Gasteiger partial charge is 0.214 e. The van der Waals surface area contributed by atoms with Crippen LogP contribution in [-0.2, 0) is 4.79 Å². The zero-order valence-corrected chi connectivity index (χ0v) is 10.0. The Hall–Kier alpha value is -1.84. The summed E-state index contributed by atoms with van der Waals surface area (Å²) in [7, 11) is 0. The van der Waals surface area contributed by atoms with E-state index in [0.29, 0.717) is 0 Å². The number of benzene rings is 1. The fourth-order valence-corrected chi connectivity index (χ4v) is 1.83. The second-order valence-corrected chi connectivity index (χ2v) is 4.05. The Balaban J connectivity index is 2.20. The van der Waals surface area contributed by atoms with Gasteiger partial charge in [-0.25, -0.2) is 0 Å². The number of carbonyl (C=O) groups excluding carboxylic acids is 1. The van der Waals surface area contributed by atoms with Crippen molar-refractivity contribution in [3.63, 3.8) is 0 Å². The predicted octanol–water partition coefficient (Wildman–Crippen LogP) is 2.58. The average molecular weight is 231 g/mol. The molecule has 0 bridgehead atoms. The molecule has 1 amide bonds. The summed E-state index contributed by atoms with van der Waals surface area (Å²) < 4.78 is 0. The van der Waals surface area contributed by atoms with Gasteiger partial charge in [0.1, 0.15) is 0 Å². The van der Waals surface area contributed by atoms with Gasteiger partial charge in [-0.15, -0.1) is 0 Å². The molecule has 1 heterocycles. The summed E-state index contributed by atoms with van der Waals surface area (Å²) in [5.74, 6) is 0. The summed E-state index contributed by atoms with van der Waals surface area (Å²) in [6, 6.07) is 5.86. The summed E-state index contributed by atoms with van der Waals surface area (Å²) in [5, 5.41) is 3.25. The van der Waals surface area contributed by atoms with E-state index in [-0.39, 0.29) is 0 Å². The molecule has 1 aliphatic rings. The van der Waals surface area contributed by atoms with Crippen molar-refractivity contribution in [2.45, 2.75) is 19.8 Å². The van der Waals surface area contributed by atoms with Gasteiger partial charge in [-0.2, -0.15) is 0 Å². The third-order valence-electron chi connectivity index (χ3n) is 2.81. The van der Waals surface area contributed by atoms with Crippen molar-refractivity contribution >= 4 is 29.7 Å². The molecule has 4 heteroatoms. The Kier molecular flexibility index (Phi) is 3.75. The van der Waals surface area contributed by atoms with Crippen molar-refractivity contribution in [3.05, 3.63) is 18.2 Å². The van der Waals surface area contributed by atoms with Crippen LogP contribution >= 0.6 is 0 Å².